The van der Waals surface area contributed by atoms with Gasteiger partial charge in [0.25, 0.3) is 0 Å². The Morgan fingerprint density at radius 2 is 1.89 bits per heavy atom. The molecule has 9 heteroatoms. The van der Waals surface area contributed by atoms with Gasteiger partial charge in [-0.25, -0.2) is 0 Å². The van der Waals surface area contributed by atoms with E-state index in [9.17, 15) is 15.0 Å². The summed E-state index contributed by atoms with van der Waals surface area (Å²) in [6.45, 7) is 0.332. The van der Waals surface area contributed by atoms with Crippen LogP contribution in [0.1, 0.15) is 60.8 Å². The van der Waals surface area contributed by atoms with Crippen LogP contribution in [0.2, 0.25) is 0 Å². The number of phenolic OH excluding ortho intramolecular Hbond substituents is 1. The van der Waals surface area contributed by atoms with E-state index in [-0.39, 0.29) is 42.0 Å². The Bertz CT molecular complexity index is 2110. The van der Waals surface area contributed by atoms with E-state index < -0.39 is 6.10 Å². The summed E-state index contributed by atoms with van der Waals surface area (Å²) >= 11 is 0. The summed E-state index contributed by atoms with van der Waals surface area (Å²) in [5.41, 5.74) is 10.6. The first kappa shape index (κ1) is 37.9. The minimum atomic E-state index is -0.483. The monoisotopic (exact) mass is 727 g/mol. The second-order valence-corrected chi connectivity index (χ2v) is 14.0. The number of methoxy groups -OCH3 is 1. The third kappa shape index (κ3) is 10.2. The van der Waals surface area contributed by atoms with Crippen molar-refractivity contribution in [3.63, 3.8) is 0 Å². The first-order chi connectivity index (χ1) is 26.3. The molecular formula is C45H49N3O6. The first-order valence-electron chi connectivity index (χ1n) is 18.6. The Morgan fingerprint density at radius 3 is 2.74 bits per heavy atom. The van der Waals surface area contributed by atoms with Gasteiger partial charge in [0.15, 0.2) is 17.5 Å². The normalized spacial score (nSPS) is 19.1. The van der Waals surface area contributed by atoms with Crippen LogP contribution in [0.4, 0.5) is 5.69 Å². The number of ketones is 1. The molecule has 0 unspecified atom stereocenters. The number of phenols is 1. The number of nitrogens with two attached hydrogens (primary N) is 1. The average Bonchev–Trinajstić information content (AvgIpc) is 3.17. The summed E-state index contributed by atoms with van der Waals surface area (Å²) in [6, 6.07) is 23.6. The maximum Gasteiger partial charge on any atom is 0.192 e. The summed E-state index contributed by atoms with van der Waals surface area (Å²) in [5.74, 6) is 5.30. The fourth-order valence-electron chi connectivity index (χ4n) is 7.26. The van der Waals surface area contributed by atoms with E-state index in [1.807, 2.05) is 54.6 Å². The number of rotatable bonds is 9. The number of nitrogens with one attached hydrogen (secondary N) is 1. The second kappa shape index (κ2) is 18.2. The molecule has 5 N–H and O–H groups in total. The highest BCUT2D eigenvalue weighted by atomic mass is 16.5. The van der Waals surface area contributed by atoms with Crippen LogP contribution in [0.3, 0.4) is 0 Å². The second-order valence-electron chi connectivity index (χ2n) is 14.0. The SMILES string of the molecule is CN=C(N)Nc1cccc(CCCC[C@@H]2C=CC(O)=C[C@@H]2C[C@H]2CC(=O)CCc3ccc(OC)c(c3)OCc3ccc4c(c(O)ccc4c3)CC#CO2)c1. The Labute approximate surface area is 317 Å². The maximum absolute atomic E-state index is 13.5. The maximum atomic E-state index is 13.5. The zero-order chi connectivity index (χ0) is 37.9. The molecule has 4 aromatic carbocycles. The van der Waals surface area contributed by atoms with Crippen molar-refractivity contribution in [2.75, 3.05) is 19.5 Å². The molecule has 6 bridgehead atoms. The van der Waals surface area contributed by atoms with Gasteiger partial charge in [-0.15, -0.1) is 0 Å². The van der Waals surface area contributed by atoms with Crippen molar-refractivity contribution in [1.29, 1.82) is 0 Å². The largest absolute Gasteiger partial charge is 0.508 e. The lowest BCUT2D eigenvalue weighted by atomic mass is 9.80. The molecule has 3 atom stereocenters. The van der Waals surface area contributed by atoms with Gasteiger partial charge in [-0.2, -0.15) is 0 Å². The number of hydrogen-bond acceptors (Lipinski definition) is 7. The van der Waals surface area contributed by atoms with Gasteiger partial charge in [0.05, 0.1) is 7.11 Å². The summed E-state index contributed by atoms with van der Waals surface area (Å²) in [6.07, 6.45) is 13.8. The predicted octanol–water partition coefficient (Wildman–Crippen LogP) is 8.33. The number of carbonyl (C=O) groups is 1. The topological polar surface area (TPSA) is 136 Å². The van der Waals surface area contributed by atoms with Gasteiger partial charge in [-0.3, -0.25) is 9.79 Å². The van der Waals surface area contributed by atoms with Gasteiger partial charge < -0.3 is 35.5 Å². The minimum absolute atomic E-state index is 0.0300. The summed E-state index contributed by atoms with van der Waals surface area (Å²) in [4.78, 5) is 17.5. The lowest BCUT2D eigenvalue weighted by molar-refractivity contribution is -0.121. The number of Topliss-reactive ketones (excluding diaryl/α,β-unsaturated/α-hetero) is 1. The Kier molecular flexibility index (Phi) is 12.8. The van der Waals surface area contributed by atoms with Gasteiger partial charge in [-0.1, -0.05) is 54.8 Å². The number of carbonyl (C=O) groups excluding carboxylic acids is 1. The highest BCUT2D eigenvalue weighted by Crippen LogP contribution is 2.34. The summed E-state index contributed by atoms with van der Waals surface area (Å²) in [7, 11) is 3.26. The van der Waals surface area contributed by atoms with E-state index in [0.717, 1.165) is 53.3 Å². The van der Waals surface area contributed by atoms with Crippen molar-refractivity contribution >= 4 is 28.2 Å². The number of hydrogen-bond donors (Lipinski definition) is 4. The lowest BCUT2D eigenvalue weighted by Gasteiger charge is -2.28. The Morgan fingerprint density at radius 1 is 1.02 bits per heavy atom. The van der Waals surface area contributed by atoms with E-state index in [4.69, 9.17) is 19.9 Å². The number of aliphatic hydroxyl groups excluding tert-OH is 1. The van der Waals surface area contributed by atoms with Crippen LogP contribution in [0.25, 0.3) is 10.8 Å². The fourth-order valence-corrected chi connectivity index (χ4v) is 7.26. The number of aryl methyl sites for hydroxylation is 2. The van der Waals surface area contributed by atoms with Crippen LogP contribution in [0.5, 0.6) is 17.2 Å². The van der Waals surface area contributed by atoms with Gasteiger partial charge in [0.1, 0.15) is 36.1 Å². The number of benzene rings is 4. The van der Waals surface area contributed by atoms with Crippen LogP contribution >= 0.6 is 0 Å². The molecule has 0 aromatic heterocycles. The first-order valence-corrected chi connectivity index (χ1v) is 18.6. The lowest BCUT2D eigenvalue weighted by Crippen LogP contribution is -2.24. The molecule has 0 fully saturated rings. The van der Waals surface area contributed by atoms with E-state index in [2.05, 4.69) is 46.6 Å². The fraction of sp³-hybridized carbons (Fsp3) is 0.333. The number of aliphatic imine (C=N–C) groups is 1. The minimum Gasteiger partial charge on any atom is -0.508 e. The highest BCUT2D eigenvalue weighted by Gasteiger charge is 2.27. The summed E-state index contributed by atoms with van der Waals surface area (Å²) in [5, 5.41) is 26.3. The molecule has 1 aliphatic carbocycles. The molecule has 3 aliphatic rings. The Balaban J connectivity index is 1.18. The van der Waals surface area contributed by atoms with Crippen molar-refractivity contribution < 1.29 is 29.2 Å². The average molecular weight is 728 g/mol. The standard InChI is InChI=1S/C45H49N3O6/c1-47-45(46)48-36-10-5-8-30(24-36)7-3-4-9-33-15-18-37(49)26-35(33)27-39-28-38(50)17-12-31-14-21-43(52-2)44(25-31)54-29-32-13-19-40-34(23-32)16-20-42(51)41(40)11-6-22-53-39/h5,8,10,13-16,18-21,23-26,33,35,39,49,51H,3-4,7,9,11-12,17,27-29H2,1-2H3,(H3,46,47,48)/t33-,35-,39+/m1/s1. The van der Waals surface area contributed by atoms with Gasteiger partial charge in [0, 0.05) is 37.6 Å². The van der Waals surface area contributed by atoms with Gasteiger partial charge >= 0.3 is 0 Å². The predicted molar refractivity (Wildman–Crippen MR) is 214 cm³/mol. The van der Waals surface area contributed by atoms with Crippen LogP contribution in [0.15, 0.2) is 102 Å². The number of guanidine groups is 1. The molecule has 7 rings (SSSR count). The number of unbranched alkanes of at least 4 members (excludes halogenated alkanes) is 1. The van der Waals surface area contributed by atoms with Crippen LogP contribution in [-0.2, 0) is 35.4 Å². The number of ether oxygens (including phenoxy) is 3. The molecule has 2 aliphatic heterocycles. The molecule has 54 heavy (non-hydrogen) atoms. The third-order valence-corrected chi connectivity index (χ3v) is 10.2. The molecular weight excluding hydrogens is 679 g/mol. The number of fused-ring (bicyclic) bond motifs is 9. The molecule has 0 saturated heterocycles. The summed E-state index contributed by atoms with van der Waals surface area (Å²) < 4.78 is 18.0. The number of allylic oxidation sites excluding steroid dienone is 3. The third-order valence-electron chi connectivity index (χ3n) is 10.2. The van der Waals surface area contributed by atoms with Crippen LogP contribution in [-0.4, -0.2) is 42.2 Å². The van der Waals surface area contributed by atoms with Gasteiger partial charge in [0.2, 0.25) is 0 Å². The molecule has 0 amide bonds. The number of nitrogens with zero attached hydrogens (tertiary/aromatic N) is 1. The molecule has 0 spiro atoms. The highest BCUT2D eigenvalue weighted by molar-refractivity contribution is 5.92. The van der Waals surface area contributed by atoms with Crippen LogP contribution < -0.4 is 20.5 Å². The van der Waals surface area contributed by atoms with Crippen molar-refractivity contribution in [3.05, 3.63) is 119 Å². The van der Waals surface area contributed by atoms with E-state index >= 15 is 0 Å². The molecule has 280 valence electrons. The van der Waals surface area contributed by atoms with Crippen molar-refractivity contribution in [3.8, 4) is 29.3 Å². The molecule has 9 nitrogen and oxygen atoms in total. The van der Waals surface area contributed by atoms with E-state index in [1.54, 1.807) is 26.3 Å². The zero-order valence-corrected chi connectivity index (χ0v) is 31.0. The molecule has 0 saturated carbocycles. The molecule has 4 aromatic rings. The quantitative estimate of drug-likeness (QED) is 0.0585. The molecule has 2 heterocycles. The van der Waals surface area contributed by atoms with Gasteiger partial charge in [-0.05, 0) is 120 Å². The number of aromatic hydroxyl groups is 1. The van der Waals surface area contributed by atoms with E-state index in [0.29, 0.717) is 48.9 Å². The van der Waals surface area contributed by atoms with Crippen molar-refractivity contribution in [2.24, 2.45) is 22.6 Å². The smallest absolute Gasteiger partial charge is 0.192 e. The van der Waals surface area contributed by atoms with Crippen molar-refractivity contribution in [2.45, 2.75) is 70.5 Å². The molecule has 0 radical (unpaired) electrons. The zero-order valence-electron chi connectivity index (χ0n) is 31.0. The van der Waals surface area contributed by atoms with Crippen LogP contribution in [0, 0.1) is 23.9 Å². The van der Waals surface area contributed by atoms with E-state index in [1.165, 1.54) is 5.56 Å². The number of anilines is 1. The van der Waals surface area contributed by atoms with Crippen molar-refractivity contribution in [1.82, 2.24) is 0 Å². The Hall–Kier alpha value is -5.88. The number of aliphatic hydroxyl groups is 1.